The summed E-state index contributed by atoms with van der Waals surface area (Å²) in [7, 11) is 0. The average molecular weight is 747 g/mol. The first-order valence-corrected chi connectivity index (χ1v) is 20.4. The van der Waals surface area contributed by atoms with Gasteiger partial charge in [-0.05, 0) is 122 Å². The van der Waals surface area contributed by atoms with Crippen LogP contribution in [-0.2, 0) is 0 Å². The summed E-state index contributed by atoms with van der Waals surface area (Å²) >= 11 is 0. The highest BCUT2D eigenvalue weighted by molar-refractivity contribution is 6.08. The Hall–Kier alpha value is -7.03. The third-order valence-electron chi connectivity index (χ3n) is 11.5. The first-order valence-electron chi connectivity index (χ1n) is 20.4. The fraction of sp³-hybridized carbons (Fsp3) is 0.0893. The molecule has 0 aliphatic rings. The van der Waals surface area contributed by atoms with Crippen LogP contribution in [-0.4, -0.2) is 5.71 Å². The van der Waals surface area contributed by atoms with E-state index >= 15 is 0 Å². The molecule has 0 saturated heterocycles. The second-order valence-electron chi connectivity index (χ2n) is 15.2. The van der Waals surface area contributed by atoms with E-state index in [9.17, 15) is 0 Å². The Morgan fingerprint density at radius 3 is 1.62 bits per heavy atom. The lowest BCUT2D eigenvalue weighted by atomic mass is 9.93. The van der Waals surface area contributed by atoms with Gasteiger partial charge < -0.3 is 4.90 Å². The minimum Gasteiger partial charge on any atom is -0.310 e. The fourth-order valence-electron chi connectivity index (χ4n) is 8.09. The molecule has 2 heteroatoms. The molecule has 58 heavy (non-hydrogen) atoms. The summed E-state index contributed by atoms with van der Waals surface area (Å²) in [6.07, 6.45) is 0.999. The van der Waals surface area contributed by atoms with Crippen molar-refractivity contribution in [2.45, 2.75) is 27.2 Å². The van der Waals surface area contributed by atoms with Gasteiger partial charge >= 0.3 is 0 Å². The Kier molecular flexibility index (Phi) is 10.2. The second kappa shape index (κ2) is 16.2. The molecule has 1 unspecified atom stereocenters. The first kappa shape index (κ1) is 36.6. The molecule has 0 aliphatic carbocycles. The molecule has 0 aliphatic heterocycles. The summed E-state index contributed by atoms with van der Waals surface area (Å²) in [5.74, 6) is 0.282. The fourth-order valence-corrected chi connectivity index (χ4v) is 8.09. The Morgan fingerprint density at radius 2 is 0.966 bits per heavy atom. The molecule has 280 valence electrons. The summed E-state index contributed by atoms with van der Waals surface area (Å²) in [4.78, 5) is 7.97. The number of hydrogen-bond donors (Lipinski definition) is 0. The van der Waals surface area contributed by atoms with Gasteiger partial charge in [-0.3, -0.25) is 4.99 Å². The molecule has 0 heterocycles. The van der Waals surface area contributed by atoms with E-state index in [2.05, 4.69) is 232 Å². The van der Waals surface area contributed by atoms with Crippen molar-refractivity contribution in [3.05, 3.63) is 217 Å². The van der Waals surface area contributed by atoms with Crippen molar-refractivity contribution < 1.29 is 0 Å². The normalized spacial score (nSPS) is 12.2. The van der Waals surface area contributed by atoms with Crippen LogP contribution in [0, 0.1) is 12.8 Å². The van der Waals surface area contributed by atoms with E-state index in [0.717, 1.165) is 45.8 Å². The van der Waals surface area contributed by atoms with Gasteiger partial charge in [0, 0.05) is 22.4 Å². The number of aliphatic imine (C=N–C) groups is 1. The summed E-state index contributed by atoms with van der Waals surface area (Å²) in [6, 6.07) is 74.4. The zero-order valence-corrected chi connectivity index (χ0v) is 33.3. The SMILES string of the molecule is CCC(C)/C(=N\c1c(C)ccc2ccc(N(c3ccc(-c4ccccc4)cc3)c3ccc(-c4ccccc4-c4ccccc4)cc3)cc12)c1ccc2ccccc2c1. The third-order valence-corrected chi connectivity index (χ3v) is 11.5. The quantitative estimate of drug-likeness (QED) is 0.127. The van der Waals surface area contributed by atoms with Gasteiger partial charge in [0.15, 0.2) is 0 Å². The molecule has 0 spiro atoms. The Bertz CT molecular complexity index is 2870. The maximum atomic E-state index is 5.60. The summed E-state index contributed by atoms with van der Waals surface area (Å²) < 4.78 is 0. The Labute approximate surface area is 342 Å². The molecule has 0 aromatic heterocycles. The number of benzene rings is 9. The number of aryl methyl sites for hydroxylation is 1. The molecule has 2 nitrogen and oxygen atoms in total. The first-order chi connectivity index (χ1) is 28.5. The van der Waals surface area contributed by atoms with Crippen molar-refractivity contribution in [1.29, 1.82) is 0 Å². The van der Waals surface area contributed by atoms with Crippen LogP contribution < -0.4 is 4.90 Å². The van der Waals surface area contributed by atoms with E-state index in [4.69, 9.17) is 4.99 Å². The van der Waals surface area contributed by atoms with Crippen molar-refractivity contribution in [2.24, 2.45) is 10.9 Å². The van der Waals surface area contributed by atoms with Gasteiger partial charge in [-0.2, -0.15) is 0 Å². The van der Waals surface area contributed by atoms with Gasteiger partial charge in [-0.1, -0.05) is 178 Å². The van der Waals surface area contributed by atoms with Gasteiger partial charge in [0.25, 0.3) is 0 Å². The highest BCUT2D eigenvalue weighted by Gasteiger charge is 2.18. The molecule has 0 radical (unpaired) electrons. The summed E-state index contributed by atoms with van der Waals surface area (Å²) in [5, 5.41) is 4.78. The number of nitrogens with zero attached hydrogens (tertiary/aromatic N) is 2. The van der Waals surface area contributed by atoms with E-state index in [1.807, 2.05) is 0 Å². The minimum atomic E-state index is 0.282. The molecule has 0 fully saturated rings. The largest absolute Gasteiger partial charge is 0.310 e. The van der Waals surface area contributed by atoms with Crippen molar-refractivity contribution in [2.75, 3.05) is 4.90 Å². The Balaban J connectivity index is 1.18. The molecular formula is C56H46N2. The lowest BCUT2D eigenvalue weighted by molar-refractivity contribution is 0.740. The highest BCUT2D eigenvalue weighted by atomic mass is 15.1. The molecule has 0 amide bonds. The van der Waals surface area contributed by atoms with Gasteiger partial charge in [-0.15, -0.1) is 0 Å². The highest BCUT2D eigenvalue weighted by Crippen LogP contribution is 2.41. The van der Waals surface area contributed by atoms with Crippen LogP contribution >= 0.6 is 0 Å². The van der Waals surface area contributed by atoms with Crippen molar-refractivity contribution in [1.82, 2.24) is 0 Å². The molecule has 0 bridgehead atoms. The number of hydrogen-bond acceptors (Lipinski definition) is 2. The molecule has 0 N–H and O–H groups in total. The summed E-state index contributed by atoms with van der Waals surface area (Å²) in [6.45, 7) is 6.73. The van der Waals surface area contributed by atoms with E-state index in [0.29, 0.717) is 0 Å². The number of anilines is 3. The zero-order chi connectivity index (χ0) is 39.4. The second-order valence-corrected chi connectivity index (χ2v) is 15.2. The van der Waals surface area contributed by atoms with Crippen LogP contribution in [0.4, 0.5) is 22.7 Å². The molecule has 9 aromatic rings. The van der Waals surface area contributed by atoms with Gasteiger partial charge in [0.2, 0.25) is 0 Å². The van der Waals surface area contributed by atoms with Crippen LogP contribution in [0.5, 0.6) is 0 Å². The maximum absolute atomic E-state index is 5.60. The van der Waals surface area contributed by atoms with Gasteiger partial charge in [0.1, 0.15) is 0 Å². The number of fused-ring (bicyclic) bond motifs is 2. The van der Waals surface area contributed by atoms with Crippen LogP contribution in [0.2, 0.25) is 0 Å². The predicted molar refractivity (Wildman–Crippen MR) is 249 cm³/mol. The average Bonchev–Trinajstić information content (AvgIpc) is 3.29. The van der Waals surface area contributed by atoms with E-state index in [-0.39, 0.29) is 5.92 Å². The van der Waals surface area contributed by atoms with E-state index in [1.165, 1.54) is 55.1 Å². The lowest BCUT2D eigenvalue weighted by Crippen LogP contribution is -2.12. The van der Waals surface area contributed by atoms with Crippen molar-refractivity contribution in [3.63, 3.8) is 0 Å². The van der Waals surface area contributed by atoms with Crippen LogP contribution in [0.1, 0.15) is 31.4 Å². The van der Waals surface area contributed by atoms with E-state index in [1.54, 1.807) is 0 Å². The molecule has 9 aromatic carbocycles. The lowest BCUT2D eigenvalue weighted by Gasteiger charge is -2.27. The smallest absolute Gasteiger partial charge is 0.0741 e. The standard InChI is InChI=1S/C56H46N2/c1-4-39(2)55(48-26-25-42-17-11-12-20-47(42)37-48)57-56-40(3)23-24-46-31-36-51(38-54(46)56)58(49-32-27-43(28-33-49)41-15-7-5-8-16-41)50-34-29-45(30-35-50)53-22-14-13-21-52(53)44-18-9-6-10-19-44/h5-39H,4H2,1-3H3/b57-55+. The van der Waals surface area contributed by atoms with Crippen molar-refractivity contribution >= 4 is 50.0 Å². The molecule has 9 rings (SSSR count). The zero-order valence-electron chi connectivity index (χ0n) is 33.3. The van der Waals surface area contributed by atoms with Crippen LogP contribution in [0.25, 0.3) is 54.9 Å². The number of rotatable bonds is 10. The van der Waals surface area contributed by atoms with Crippen LogP contribution in [0.3, 0.4) is 0 Å². The molecule has 1 atom stereocenters. The molecule has 0 saturated carbocycles. The third kappa shape index (κ3) is 7.33. The van der Waals surface area contributed by atoms with E-state index < -0.39 is 0 Å². The summed E-state index contributed by atoms with van der Waals surface area (Å²) in [5.41, 5.74) is 15.0. The van der Waals surface area contributed by atoms with Gasteiger partial charge in [0.05, 0.1) is 11.4 Å². The van der Waals surface area contributed by atoms with Crippen LogP contribution in [0.15, 0.2) is 211 Å². The topological polar surface area (TPSA) is 15.6 Å². The predicted octanol–water partition coefficient (Wildman–Crippen LogP) is 15.9. The monoisotopic (exact) mass is 746 g/mol. The molecular weight excluding hydrogens is 701 g/mol. The maximum Gasteiger partial charge on any atom is 0.0741 e. The minimum absolute atomic E-state index is 0.282. The van der Waals surface area contributed by atoms with Crippen molar-refractivity contribution in [3.8, 4) is 33.4 Å². The van der Waals surface area contributed by atoms with Gasteiger partial charge in [-0.25, -0.2) is 0 Å². The Morgan fingerprint density at radius 1 is 0.466 bits per heavy atom.